The summed E-state index contributed by atoms with van der Waals surface area (Å²) in [5.74, 6) is -1.78. The molecule has 0 saturated heterocycles. The summed E-state index contributed by atoms with van der Waals surface area (Å²) in [6.07, 6.45) is -0.491. The van der Waals surface area contributed by atoms with Crippen LogP contribution in [0.4, 0.5) is 61.2 Å². The summed E-state index contributed by atoms with van der Waals surface area (Å²) >= 11 is 0. The fraction of sp³-hybridized carbons (Fsp3) is 0.482. The van der Waals surface area contributed by atoms with Gasteiger partial charge in [0.1, 0.15) is 40.4 Å². The van der Waals surface area contributed by atoms with Crippen molar-refractivity contribution in [3.8, 4) is 0 Å². The first kappa shape index (κ1) is 63.9. The van der Waals surface area contributed by atoms with Gasteiger partial charge in [-0.1, -0.05) is 39.8 Å². The van der Waals surface area contributed by atoms with Crippen molar-refractivity contribution in [2.24, 2.45) is 23.5 Å². The van der Waals surface area contributed by atoms with Crippen molar-refractivity contribution >= 4 is 64.5 Å². The number of hydrogen-bond donors (Lipinski definition) is 3. The van der Waals surface area contributed by atoms with Crippen LogP contribution in [-0.2, 0) is 67.2 Å². The summed E-state index contributed by atoms with van der Waals surface area (Å²) in [7, 11) is 3.47. The number of nitrogens with zero attached hydrogens (tertiary/aromatic N) is 14. The number of pyridine rings is 2. The quantitative estimate of drug-likeness (QED) is 0.0625. The van der Waals surface area contributed by atoms with Crippen LogP contribution in [0.1, 0.15) is 114 Å². The van der Waals surface area contributed by atoms with E-state index in [1.54, 1.807) is 91.0 Å². The van der Waals surface area contributed by atoms with E-state index in [0.717, 1.165) is 24.5 Å². The highest BCUT2D eigenvalue weighted by atomic mass is 19.4. The molecule has 2 aliphatic heterocycles. The van der Waals surface area contributed by atoms with Gasteiger partial charge in [0.25, 0.3) is 0 Å². The summed E-state index contributed by atoms with van der Waals surface area (Å²) in [5, 5.41) is 14.3. The molecule has 85 heavy (non-hydrogen) atoms. The third-order valence-electron chi connectivity index (χ3n) is 14.1. The molecule has 23 nitrogen and oxygen atoms in total. The number of carbonyl (C=O) groups excluding carboxylic acids is 5. The molecule has 0 fully saturated rings. The molecule has 8 rings (SSSR count). The summed E-state index contributed by atoms with van der Waals surface area (Å²) in [5.41, 5.74) is 7.63. The SMILES string of the molecule is Cc1nc(N(Cc2cnn(Cc3ccc(C(F)(F)F)nc3)c2)C(=O)[C@@H](CC(=O)OC(C)(C)C)C(C)C)nc2c1NC(=O)[C@H](C)N2C.Cc1nc(N(Cc2cnn(Cc3ccc(C(F)(F)F)nc3)c2)C(=O)[C@@H](N)C(C)C)nc2c1NC(=O)[C@H](C)N2C. The van der Waals surface area contributed by atoms with Gasteiger partial charge < -0.3 is 30.9 Å². The molecule has 6 aromatic heterocycles. The van der Waals surface area contributed by atoms with Gasteiger partial charge in [0.15, 0.2) is 11.6 Å². The summed E-state index contributed by atoms with van der Waals surface area (Å²) < 4.78 is 85.8. The van der Waals surface area contributed by atoms with Gasteiger partial charge in [-0.05, 0) is 83.6 Å². The van der Waals surface area contributed by atoms with Crippen molar-refractivity contribution in [1.29, 1.82) is 0 Å². The monoisotopic (exact) mass is 1190 g/mol. The van der Waals surface area contributed by atoms with Crippen LogP contribution in [0.15, 0.2) is 61.4 Å². The Bertz CT molecular complexity index is 3420. The molecule has 29 heteroatoms. The molecule has 0 aliphatic carbocycles. The average molecular weight is 1190 g/mol. The number of hydrogen-bond acceptors (Lipinski definition) is 17. The van der Waals surface area contributed by atoms with Gasteiger partial charge in [-0.2, -0.15) is 46.5 Å². The minimum absolute atomic E-state index is 0.0223. The predicted octanol–water partition coefficient (Wildman–Crippen LogP) is 7.49. The lowest BCUT2D eigenvalue weighted by atomic mass is 9.91. The number of esters is 1. The van der Waals surface area contributed by atoms with Gasteiger partial charge in [0.05, 0.1) is 68.3 Å². The van der Waals surface area contributed by atoms with Crippen LogP contribution >= 0.6 is 0 Å². The fourth-order valence-electron chi connectivity index (χ4n) is 8.90. The number of likely N-dealkylation sites (N-methyl/N-ethyl adjacent to an activating group) is 2. The molecule has 8 heterocycles. The Morgan fingerprint density at radius 1 is 0.635 bits per heavy atom. The molecule has 456 valence electrons. The van der Waals surface area contributed by atoms with Crippen LogP contribution < -0.4 is 36.0 Å². The van der Waals surface area contributed by atoms with Gasteiger partial charge in [0.2, 0.25) is 35.5 Å². The standard InChI is InChI=1S/C31H39F3N8O4.C25H30F3N9O2/c1-17(2)22(11-24(43)46-30(5,6)7)28(45)42(29-37-18(3)25-26(39-29)40(8)19(4)27(44)38-25)16-21-13-36-41(15-21)14-20-9-10-23(35-12-20)31(32,33)34;1-13(2)19(29)23(39)37(24-32-14(3)20-21(34-24)35(5)15(4)22(38)33-20)12-17-9-31-36(11-17)10-16-6-7-18(30-8-16)25(26,27)28/h9-10,12-13,15,17,19,22H,11,14,16H2,1-8H3,(H,38,44);6-9,11,13,15,19H,10,12,29H2,1-5H3,(H,33,38)/t19-,22-;15-,19-/m00/s1. The topological polar surface area (TPSA) is 271 Å². The summed E-state index contributed by atoms with van der Waals surface area (Å²) in [4.78, 5) is 97.0. The van der Waals surface area contributed by atoms with E-state index < -0.39 is 65.3 Å². The number of carbonyl (C=O) groups is 5. The predicted molar refractivity (Wildman–Crippen MR) is 302 cm³/mol. The Hall–Kier alpha value is -8.63. The lowest BCUT2D eigenvalue weighted by Gasteiger charge is -2.34. The second-order valence-corrected chi connectivity index (χ2v) is 22.6. The maximum absolute atomic E-state index is 14.3. The summed E-state index contributed by atoms with van der Waals surface area (Å²) in [6.45, 7) is 19.8. The molecule has 0 unspecified atom stereocenters. The van der Waals surface area contributed by atoms with E-state index in [4.69, 9.17) is 15.5 Å². The zero-order valence-corrected chi connectivity index (χ0v) is 49.3. The molecule has 0 radical (unpaired) electrons. The van der Waals surface area contributed by atoms with E-state index in [2.05, 4.69) is 45.8 Å². The summed E-state index contributed by atoms with van der Waals surface area (Å²) in [6, 6.07) is 2.68. The van der Waals surface area contributed by atoms with Crippen molar-refractivity contribution in [3.63, 3.8) is 0 Å². The van der Waals surface area contributed by atoms with Crippen LogP contribution in [0.3, 0.4) is 0 Å². The first-order valence-electron chi connectivity index (χ1n) is 27.1. The number of aromatic nitrogens is 10. The number of aryl methyl sites for hydroxylation is 2. The lowest BCUT2D eigenvalue weighted by molar-refractivity contribution is -0.157. The van der Waals surface area contributed by atoms with Gasteiger partial charge in [0, 0.05) is 50.0 Å². The minimum Gasteiger partial charge on any atom is -0.460 e. The van der Waals surface area contributed by atoms with E-state index in [1.807, 2.05) is 27.7 Å². The molecule has 4 N–H and O–H groups in total. The Labute approximate surface area is 486 Å². The maximum atomic E-state index is 14.3. The molecule has 0 bridgehead atoms. The van der Waals surface area contributed by atoms with E-state index in [0.29, 0.717) is 56.7 Å². The fourth-order valence-corrected chi connectivity index (χ4v) is 8.90. The molecular formula is C56H69F6N17O6. The number of nitrogens with two attached hydrogens (primary N) is 1. The normalized spacial score (nSPS) is 16.0. The van der Waals surface area contributed by atoms with E-state index in [-0.39, 0.29) is 74.1 Å². The Kier molecular flexibility index (Phi) is 19.0. The zero-order chi connectivity index (χ0) is 62.8. The molecule has 0 saturated carbocycles. The van der Waals surface area contributed by atoms with Crippen LogP contribution in [0.5, 0.6) is 0 Å². The van der Waals surface area contributed by atoms with Crippen molar-refractivity contribution in [2.45, 2.75) is 145 Å². The Morgan fingerprint density at radius 2 is 1.05 bits per heavy atom. The van der Waals surface area contributed by atoms with E-state index in [1.165, 1.54) is 37.5 Å². The highest BCUT2D eigenvalue weighted by Crippen LogP contribution is 2.36. The van der Waals surface area contributed by atoms with Crippen molar-refractivity contribution in [3.05, 3.63) is 106 Å². The minimum atomic E-state index is -4.54. The van der Waals surface area contributed by atoms with Crippen LogP contribution in [0.25, 0.3) is 0 Å². The largest absolute Gasteiger partial charge is 0.460 e. The third-order valence-corrected chi connectivity index (χ3v) is 14.1. The number of nitrogens with one attached hydrogen (secondary N) is 2. The molecule has 2 aliphatic rings. The van der Waals surface area contributed by atoms with E-state index >= 15 is 0 Å². The van der Waals surface area contributed by atoms with Crippen LogP contribution in [0.2, 0.25) is 0 Å². The number of anilines is 6. The first-order chi connectivity index (χ1) is 39.6. The van der Waals surface area contributed by atoms with Gasteiger partial charge in [-0.3, -0.25) is 53.1 Å². The number of fused-ring (bicyclic) bond motifs is 2. The average Bonchev–Trinajstić information content (AvgIpc) is 3.83. The van der Waals surface area contributed by atoms with E-state index in [9.17, 15) is 50.3 Å². The number of rotatable bonds is 16. The number of ether oxygens (including phenoxy) is 1. The Balaban J connectivity index is 0.000000247. The third kappa shape index (κ3) is 15.4. The number of halogens is 6. The van der Waals surface area contributed by atoms with Crippen LogP contribution in [-0.4, -0.2) is 117 Å². The van der Waals surface area contributed by atoms with Crippen molar-refractivity contribution in [2.75, 3.05) is 44.3 Å². The smallest absolute Gasteiger partial charge is 0.433 e. The molecule has 4 amide bonds. The van der Waals surface area contributed by atoms with Crippen molar-refractivity contribution < 1.29 is 55.1 Å². The van der Waals surface area contributed by atoms with Gasteiger partial charge >= 0.3 is 18.3 Å². The molecule has 4 atom stereocenters. The second-order valence-electron chi connectivity index (χ2n) is 22.6. The Morgan fingerprint density at radius 3 is 1.40 bits per heavy atom. The van der Waals surface area contributed by atoms with Gasteiger partial charge in [-0.15, -0.1) is 0 Å². The molecule has 0 spiro atoms. The second kappa shape index (κ2) is 25.3. The van der Waals surface area contributed by atoms with Crippen molar-refractivity contribution in [1.82, 2.24) is 49.5 Å². The number of amides is 4. The maximum Gasteiger partial charge on any atom is 0.433 e. The molecular weight excluding hydrogens is 1120 g/mol. The van der Waals surface area contributed by atoms with Crippen LogP contribution in [0, 0.1) is 31.6 Å². The van der Waals surface area contributed by atoms with Gasteiger partial charge in [-0.25, -0.2) is 9.97 Å². The zero-order valence-electron chi connectivity index (χ0n) is 49.3. The number of alkyl halides is 6. The highest BCUT2D eigenvalue weighted by molar-refractivity contribution is 6.05. The lowest BCUT2D eigenvalue weighted by Crippen LogP contribution is -2.48. The molecule has 6 aromatic rings. The highest BCUT2D eigenvalue weighted by Gasteiger charge is 2.38. The molecule has 0 aromatic carbocycles. The first-order valence-corrected chi connectivity index (χ1v) is 27.1.